The van der Waals surface area contributed by atoms with Gasteiger partial charge in [-0.05, 0) is 35.6 Å². The molecule has 4 rings (SSSR count). The van der Waals surface area contributed by atoms with Crippen LogP contribution in [0.4, 0.5) is 0 Å². The number of hydrogen-bond donors (Lipinski definition) is 0. The number of aryl methyl sites for hydroxylation is 1. The van der Waals surface area contributed by atoms with Gasteiger partial charge >= 0.3 is 0 Å². The van der Waals surface area contributed by atoms with Crippen molar-refractivity contribution in [1.29, 1.82) is 0 Å². The van der Waals surface area contributed by atoms with Crippen molar-refractivity contribution >= 4 is 5.91 Å². The van der Waals surface area contributed by atoms with E-state index >= 15 is 0 Å². The number of benzene rings is 3. The molecule has 0 fully saturated rings. The van der Waals surface area contributed by atoms with Crippen LogP contribution in [-0.2, 0) is 13.0 Å². The molecule has 124 valence electrons. The molecule has 0 bridgehead atoms. The van der Waals surface area contributed by atoms with Gasteiger partial charge in [0.05, 0.1) is 5.56 Å². The Bertz CT molecular complexity index is 914. The van der Waals surface area contributed by atoms with Gasteiger partial charge in [0.25, 0.3) is 5.91 Å². The predicted molar refractivity (Wildman–Crippen MR) is 102 cm³/mol. The number of rotatable bonds is 3. The van der Waals surface area contributed by atoms with Crippen molar-refractivity contribution in [2.45, 2.75) is 19.9 Å². The minimum absolute atomic E-state index is 0.141. The summed E-state index contributed by atoms with van der Waals surface area (Å²) in [5.74, 6) is 0.141. The van der Waals surface area contributed by atoms with Crippen LogP contribution in [0.25, 0.3) is 11.1 Å². The first-order valence-corrected chi connectivity index (χ1v) is 8.74. The van der Waals surface area contributed by atoms with Crippen molar-refractivity contribution < 1.29 is 4.79 Å². The Hall–Kier alpha value is -2.87. The molecule has 1 aliphatic heterocycles. The number of nitrogens with zero attached hydrogens (tertiary/aromatic N) is 1. The highest BCUT2D eigenvalue weighted by molar-refractivity contribution is 6.03. The summed E-state index contributed by atoms with van der Waals surface area (Å²) in [7, 11) is 0. The maximum atomic E-state index is 13.2. The molecule has 0 N–H and O–H groups in total. The molecule has 0 saturated heterocycles. The Kier molecular flexibility index (Phi) is 4.10. The van der Waals surface area contributed by atoms with Gasteiger partial charge in [-0.25, -0.2) is 0 Å². The van der Waals surface area contributed by atoms with Crippen LogP contribution in [0, 0.1) is 6.92 Å². The second-order valence-electron chi connectivity index (χ2n) is 6.67. The molecule has 0 saturated carbocycles. The Morgan fingerprint density at radius 3 is 2.52 bits per heavy atom. The van der Waals surface area contributed by atoms with E-state index in [-0.39, 0.29) is 5.91 Å². The van der Waals surface area contributed by atoms with Crippen LogP contribution < -0.4 is 0 Å². The second-order valence-corrected chi connectivity index (χ2v) is 6.67. The fourth-order valence-electron chi connectivity index (χ4n) is 3.58. The van der Waals surface area contributed by atoms with Crippen molar-refractivity contribution in [2.24, 2.45) is 0 Å². The smallest absolute Gasteiger partial charge is 0.255 e. The fourth-order valence-corrected chi connectivity index (χ4v) is 3.58. The van der Waals surface area contributed by atoms with Crippen molar-refractivity contribution in [3.63, 3.8) is 0 Å². The maximum Gasteiger partial charge on any atom is 0.255 e. The molecule has 0 aliphatic carbocycles. The molecule has 2 heteroatoms. The first-order valence-electron chi connectivity index (χ1n) is 8.74. The third-order valence-corrected chi connectivity index (χ3v) is 4.85. The van der Waals surface area contributed by atoms with Gasteiger partial charge in [0.1, 0.15) is 0 Å². The van der Waals surface area contributed by atoms with Gasteiger partial charge < -0.3 is 4.90 Å². The van der Waals surface area contributed by atoms with Crippen LogP contribution in [-0.4, -0.2) is 17.4 Å². The van der Waals surface area contributed by atoms with Gasteiger partial charge in [-0.1, -0.05) is 78.4 Å². The molecule has 0 aromatic heterocycles. The van der Waals surface area contributed by atoms with E-state index in [0.717, 1.165) is 35.2 Å². The van der Waals surface area contributed by atoms with E-state index in [2.05, 4.69) is 61.5 Å². The molecule has 0 unspecified atom stereocenters. The summed E-state index contributed by atoms with van der Waals surface area (Å²) < 4.78 is 0. The van der Waals surface area contributed by atoms with Crippen LogP contribution in [0.5, 0.6) is 0 Å². The zero-order valence-electron chi connectivity index (χ0n) is 14.4. The summed E-state index contributed by atoms with van der Waals surface area (Å²) in [5, 5.41) is 0. The van der Waals surface area contributed by atoms with Crippen LogP contribution in [0.1, 0.15) is 27.0 Å². The number of fused-ring (bicyclic) bond motifs is 1. The average molecular weight is 327 g/mol. The van der Waals surface area contributed by atoms with E-state index in [1.54, 1.807) is 0 Å². The van der Waals surface area contributed by atoms with Gasteiger partial charge in [-0.2, -0.15) is 0 Å². The van der Waals surface area contributed by atoms with Crippen LogP contribution in [0.3, 0.4) is 0 Å². The van der Waals surface area contributed by atoms with Gasteiger partial charge in [0, 0.05) is 13.1 Å². The standard InChI is InChI=1S/C23H21NO/c1-17-7-5-11-20(15-17)21-12-6-10-19-13-14-24(23(25)22(19)21)16-18-8-3-2-4-9-18/h2-12,15H,13-14,16H2,1H3. The molecule has 0 spiro atoms. The Labute approximate surface area is 148 Å². The molecule has 0 atom stereocenters. The van der Waals surface area contributed by atoms with E-state index in [1.807, 2.05) is 23.1 Å². The first kappa shape index (κ1) is 15.6. The summed E-state index contributed by atoms with van der Waals surface area (Å²) in [6, 6.07) is 24.8. The Balaban J connectivity index is 1.72. The van der Waals surface area contributed by atoms with Crippen LogP contribution in [0.15, 0.2) is 72.8 Å². The van der Waals surface area contributed by atoms with Crippen molar-refractivity contribution in [3.05, 3.63) is 95.1 Å². The molecule has 25 heavy (non-hydrogen) atoms. The second kappa shape index (κ2) is 6.56. The summed E-state index contributed by atoms with van der Waals surface area (Å²) in [4.78, 5) is 15.2. The highest BCUT2D eigenvalue weighted by Crippen LogP contribution is 2.31. The van der Waals surface area contributed by atoms with Gasteiger partial charge in [-0.3, -0.25) is 4.79 Å². The lowest BCUT2D eigenvalue weighted by Crippen LogP contribution is -2.37. The average Bonchev–Trinajstić information content (AvgIpc) is 2.64. The van der Waals surface area contributed by atoms with Gasteiger partial charge in [0.15, 0.2) is 0 Å². The highest BCUT2D eigenvalue weighted by Gasteiger charge is 2.27. The molecule has 3 aromatic rings. The lowest BCUT2D eigenvalue weighted by atomic mass is 9.90. The lowest BCUT2D eigenvalue weighted by molar-refractivity contribution is 0.0728. The SMILES string of the molecule is Cc1cccc(-c2cccc3c2C(=O)N(Cc2ccccc2)CC3)c1. The molecule has 2 nitrogen and oxygen atoms in total. The summed E-state index contributed by atoms with van der Waals surface area (Å²) in [5.41, 5.74) is 6.58. The van der Waals surface area contributed by atoms with E-state index in [4.69, 9.17) is 0 Å². The normalized spacial score (nSPS) is 13.6. The van der Waals surface area contributed by atoms with E-state index in [0.29, 0.717) is 6.54 Å². The summed E-state index contributed by atoms with van der Waals surface area (Å²) >= 11 is 0. The Morgan fingerprint density at radius 1 is 0.920 bits per heavy atom. The van der Waals surface area contributed by atoms with E-state index < -0.39 is 0 Å². The largest absolute Gasteiger partial charge is 0.334 e. The van der Waals surface area contributed by atoms with Crippen LogP contribution in [0.2, 0.25) is 0 Å². The topological polar surface area (TPSA) is 20.3 Å². The number of carbonyl (C=O) groups excluding carboxylic acids is 1. The third kappa shape index (κ3) is 3.08. The van der Waals surface area contributed by atoms with Crippen molar-refractivity contribution in [2.75, 3.05) is 6.54 Å². The summed E-state index contributed by atoms with van der Waals surface area (Å²) in [6.45, 7) is 3.53. The molecule has 3 aromatic carbocycles. The molecule has 1 aliphatic rings. The highest BCUT2D eigenvalue weighted by atomic mass is 16.2. The van der Waals surface area contributed by atoms with E-state index in [9.17, 15) is 4.79 Å². The minimum Gasteiger partial charge on any atom is -0.334 e. The van der Waals surface area contributed by atoms with Crippen LogP contribution >= 0.6 is 0 Å². The lowest BCUT2D eigenvalue weighted by Gasteiger charge is -2.30. The molecule has 1 heterocycles. The number of hydrogen-bond acceptors (Lipinski definition) is 1. The number of carbonyl (C=O) groups is 1. The monoisotopic (exact) mass is 327 g/mol. The minimum atomic E-state index is 0.141. The predicted octanol–water partition coefficient (Wildman–Crippen LogP) is 4.86. The maximum absolute atomic E-state index is 13.2. The zero-order valence-corrected chi connectivity index (χ0v) is 14.4. The van der Waals surface area contributed by atoms with Crippen molar-refractivity contribution in [3.8, 4) is 11.1 Å². The number of amides is 1. The molecular weight excluding hydrogens is 306 g/mol. The fraction of sp³-hybridized carbons (Fsp3) is 0.174. The quantitative estimate of drug-likeness (QED) is 0.673. The zero-order chi connectivity index (χ0) is 17.2. The third-order valence-electron chi connectivity index (χ3n) is 4.85. The van der Waals surface area contributed by atoms with Gasteiger partial charge in [-0.15, -0.1) is 0 Å². The molecule has 0 radical (unpaired) electrons. The Morgan fingerprint density at radius 2 is 1.72 bits per heavy atom. The first-order chi connectivity index (χ1) is 12.2. The van der Waals surface area contributed by atoms with E-state index in [1.165, 1.54) is 11.1 Å². The summed E-state index contributed by atoms with van der Waals surface area (Å²) in [6.07, 6.45) is 0.910. The van der Waals surface area contributed by atoms with Gasteiger partial charge in [0.2, 0.25) is 0 Å². The molecular formula is C23H21NO. The molecule has 1 amide bonds. The van der Waals surface area contributed by atoms with Crippen molar-refractivity contribution in [1.82, 2.24) is 4.90 Å².